The van der Waals surface area contributed by atoms with Gasteiger partial charge in [-0.15, -0.1) is 0 Å². The predicted molar refractivity (Wildman–Crippen MR) is 77.9 cm³/mol. The number of fused-ring (bicyclic) bond motifs is 1. The van der Waals surface area contributed by atoms with Crippen LogP contribution in [0.15, 0.2) is 42.0 Å². The zero-order chi connectivity index (χ0) is 15.1. The summed E-state index contributed by atoms with van der Waals surface area (Å²) in [6.45, 7) is 0. The van der Waals surface area contributed by atoms with Gasteiger partial charge in [0.05, 0.1) is 10.6 Å². The van der Waals surface area contributed by atoms with E-state index in [0.717, 1.165) is 0 Å². The van der Waals surface area contributed by atoms with E-state index in [0.29, 0.717) is 16.7 Å². The quantitative estimate of drug-likeness (QED) is 0.482. The molecule has 4 nitrogen and oxygen atoms in total. The molecule has 104 valence electrons. The van der Waals surface area contributed by atoms with Crippen LogP contribution in [0.3, 0.4) is 0 Å². The maximum Gasteiger partial charge on any atom is 0.197 e. The molecule has 2 N–H and O–H groups in total. The van der Waals surface area contributed by atoms with Crippen molar-refractivity contribution in [2.45, 2.75) is 0 Å². The average Bonchev–Trinajstić information content (AvgIpc) is 2.70. The molecule has 0 heterocycles. The number of hydrogen-bond donors (Lipinski definition) is 2. The highest BCUT2D eigenvalue weighted by atomic mass is 35.5. The van der Waals surface area contributed by atoms with Gasteiger partial charge in [-0.3, -0.25) is 9.59 Å². The van der Waals surface area contributed by atoms with Gasteiger partial charge in [0.25, 0.3) is 0 Å². The van der Waals surface area contributed by atoms with Gasteiger partial charge in [0.1, 0.15) is 0 Å². The molecule has 0 saturated carbocycles. The lowest BCUT2D eigenvalue weighted by molar-refractivity contribution is 0.0990. The Hall–Kier alpha value is -2.59. The van der Waals surface area contributed by atoms with Crippen molar-refractivity contribution in [3.8, 4) is 11.5 Å². The van der Waals surface area contributed by atoms with Crippen molar-refractivity contribution in [3.63, 3.8) is 0 Å². The topological polar surface area (TPSA) is 74.6 Å². The van der Waals surface area contributed by atoms with Crippen LogP contribution in [0.5, 0.6) is 11.5 Å². The van der Waals surface area contributed by atoms with Gasteiger partial charge >= 0.3 is 0 Å². The highest BCUT2D eigenvalue weighted by molar-refractivity contribution is 6.41. The predicted octanol–water partition coefficient (Wildman–Crippen LogP) is 3.21. The van der Waals surface area contributed by atoms with Gasteiger partial charge in [0.15, 0.2) is 23.1 Å². The molecule has 0 aliphatic heterocycles. The van der Waals surface area contributed by atoms with Crippen molar-refractivity contribution >= 4 is 29.2 Å². The van der Waals surface area contributed by atoms with Gasteiger partial charge in [-0.1, -0.05) is 35.9 Å². The number of Topliss-reactive ketones (excluding diaryl/α,β-unsaturated/α-hetero) is 2. The van der Waals surface area contributed by atoms with E-state index in [1.165, 1.54) is 18.2 Å². The van der Waals surface area contributed by atoms with Crippen LogP contribution >= 0.6 is 11.6 Å². The molecule has 2 aromatic rings. The molecular formula is C16H9ClO4. The van der Waals surface area contributed by atoms with E-state index in [2.05, 4.69) is 0 Å². The van der Waals surface area contributed by atoms with Crippen molar-refractivity contribution in [1.82, 2.24) is 0 Å². The third kappa shape index (κ3) is 2.10. The maximum atomic E-state index is 12.2. The SMILES string of the molecule is O=C1C(=Cc2cc(O)c(O)c(Cl)c2)C(=O)c2ccccc21. The van der Waals surface area contributed by atoms with E-state index >= 15 is 0 Å². The fourth-order valence-corrected chi connectivity index (χ4v) is 2.48. The van der Waals surface area contributed by atoms with Gasteiger partial charge in [-0.05, 0) is 23.8 Å². The fourth-order valence-electron chi connectivity index (χ4n) is 2.26. The lowest BCUT2D eigenvalue weighted by Gasteiger charge is -2.02. The number of benzene rings is 2. The summed E-state index contributed by atoms with van der Waals surface area (Å²) in [5, 5.41) is 18.9. The summed E-state index contributed by atoms with van der Waals surface area (Å²) < 4.78 is 0. The Morgan fingerprint density at radius 3 is 2.05 bits per heavy atom. The smallest absolute Gasteiger partial charge is 0.197 e. The van der Waals surface area contributed by atoms with Crippen LogP contribution in [0, 0.1) is 0 Å². The number of carbonyl (C=O) groups excluding carboxylic acids is 2. The Morgan fingerprint density at radius 1 is 0.952 bits per heavy atom. The Bertz CT molecular complexity index is 761. The molecule has 0 spiro atoms. The second-order valence-corrected chi connectivity index (χ2v) is 5.04. The number of halogens is 1. The first kappa shape index (κ1) is 13.4. The minimum absolute atomic E-state index is 0.0114. The highest BCUT2D eigenvalue weighted by Crippen LogP contribution is 2.35. The molecule has 0 atom stereocenters. The number of phenols is 2. The van der Waals surface area contributed by atoms with Crippen molar-refractivity contribution in [2.75, 3.05) is 0 Å². The number of rotatable bonds is 1. The second kappa shape index (κ2) is 4.75. The molecule has 1 aliphatic rings. The summed E-state index contributed by atoms with van der Waals surface area (Å²) in [5.74, 6) is -1.57. The summed E-state index contributed by atoms with van der Waals surface area (Å²) >= 11 is 5.76. The molecule has 2 aromatic carbocycles. The Morgan fingerprint density at radius 2 is 1.52 bits per heavy atom. The van der Waals surface area contributed by atoms with Crippen molar-refractivity contribution in [1.29, 1.82) is 0 Å². The number of allylic oxidation sites excluding steroid dienone is 1. The molecule has 0 radical (unpaired) electrons. The van der Waals surface area contributed by atoms with Crippen molar-refractivity contribution in [3.05, 3.63) is 63.7 Å². The molecule has 0 aromatic heterocycles. The zero-order valence-electron chi connectivity index (χ0n) is 10.6. The van der Waals surface area contributed by atoms with Crippen LogP contribution in [0.25, 0.3) is 6.08 Å². The van der Waals surface area contributed by atoms with E-state index in [-0.39, 0.29) is 22.2 Å². The molecule has 0 bridgehead atoms. The summed E-state index contributed by atoms with van der Waals surface area (Å²) in [4.78, 5) is 24.4. The molecule has 5 heteroatoms. The molecule has 0 unspecified atom stereocenters. The van der Waals surface area contributed by atoms with Crippen LogP contribution in [0.2, 0.25) is 5.02 Å². The van der Waals surface area contributed by atoms with Crippen LogP contribution in [-0.4, -0.2) is 21.8 Å². The highest BCUT2D eigenvalue weighted by Gasteiger charge is 2.32. The first-order valence-electron chi connectivity index (χ1n) is 6.10. The fraction of sp³-hybridized carbons (Fsp3) is 0. The average molecular weight is 301 g/mol. The number of ketones is 2. The van der Waals surface area contributed by atoms with Crippen LogP contribution < -0.4 is 0 Å². The van der Waals surface area contributed by atoms with Gasteiger partial charge < -0.3 is 10.2 Å². The molecule has 3 rings (SSSR count). The molecular weight excluding hydrogens is 292 g/mol. The van der Waals surface area contributed by atoms with Gasteiger partial charge in [-0.2, -0.15) is 0 Å². The van der Waals surface area contributed by atoms with Crippen molar-refractivity contribution < 1.29 is 19.8 Å². The monoisotopic (exact) mass is 300 g/mol. The summed E-state index contributed by atoms with van der Waals surface area (Å²) in [7, 11) is 0. The minimum atomic E-state index is -0.439. The van der Waals surface area contributed by atoms with Gasteiger partial charge in [0, 0.05) is 11.1 Å². The van der Waals surface area contributed by atoms with E-state index < -0.39 is 11.5 Å². The summed E-state index contributed by atoms with van der Waals surface area (Å²) in [6.07, 6.45) is 1.36. The first-order valence-corrected chi connectivity index (χ1v) is 6.48. The summed E-state index contributed by atoms with van der Waals surface area (Å²) in [6, 6.07) is 9.17. The van der Waals surface area contributed by atoms with Crippen LogP contribution in [-0.2, 0) is 0 Å². The lowest BCUT2D eigenvalue weighted by atomic mass is 10.1. The minimum Gasteiger partial charge on any atom is -0.504 e. The van der Waals surface area contributed by atoms with Gasteiger partial charge in [0.2, 0.25) is 0 Å². The van der Waals surface area contributed by atoms with Crippen molar-refractivity contribution in [2.24, 2.45) is 0 Å². The second-order valence-electron chi connectivity index (χ2n) is 4.63. The van der Waals surface area contributed by atoms with E-state index in [1.54, 1.807) is 24.3 Å². The van der Waals surface area contributed by atoms with Gasteiger partial charge in [-0.25, -0.2) is 0 Å². The number of phenolic OH excluding ortho intramolecular Hbond substituents is 2. The standard InChI is InChI=1S/C16H9ClO4/c17-12-6-8(7-13(18)16(12)21)5-11-14(19)9-3-1-2-4-10(9)15(11)20/h1-7,18,21H. The lowest BCUT2D eigenvalue weighted by Crippen LogP contribution is -2.00. The number of hydrogen-bond acceptors (Lipinski definition) is 4. The molecule has 0 fully saturated rings. The Labute approximate surface area is 124 Å². The maximum absolute atomic E-state index is 12.2. The Balaban J connectivity index is 2.11. The van der Waals surface area contributed by atoms with Crippen LogP contribution in [0.1, 0.15) is 26.3 Å². The Kier molecular flexibility index (Phi) is 3.03. The molecule has 0 amide bonds. The van der Waals surface area contributed by atoms with E-state index in [4.69, 9.17) is 11.6 Å². The largest absolute Gasteiger partial charge is 0.504 e. The molecule has 0 saturated heterocycles. The molecule has 21 heavy (non-hydrogen) atoms. The van der Waals surface area contributed by atoms with E-state index in [9.17, 15) is 19.8 Å². The third-order valence-corrected chi connectivity index (χ3v) is 3.57. The number of aromatic hydroxyl groups is 2. The molecule has 1 aliphatic carbocycles. The number of carbonyl (C=O) groups is 2. The van der Waals surface area contributed by atoms with E-state index in [1.807, 2.05) is 0 Å². The summed E-state index contributed by atoms with van der Waals surface area (Å²) in [5.41, 5.74) is 1.10. The zero-order valence-corrected chi connectivity index (χ0v) is 11.4. The van der Waals surface area contributed by atoms with Crippen LogP contribution in [0.4, 0.5) is 0 Å². The first-order chi connectivity index (χ1) is 9.99. The third-order valence-electron chi connectivity index (χ3n) is 3.28. The normalized spacial score (nSPS) is 13.5.